The van der Waals surface area contributed by atoms with Gasteiger partial charge in [0.15, 0.2) is 23.0 Å². The third kappa shape index (κ3) is 7.15. The Labute approximate surface area is 223 Å². The Balaban J connectivity index is 2.00. The van der Waals surface area contributed by atoms with Crippen LogP contribution in [0.15, 0.2) is 105 Å². The molecule has 0 saturated heterocycles. The number of benzene rings is 3. The summed E-state index contributed by atoms with van der Waals surface area (Å²) >= 11 is 0. The summed E-state index contributed by atoms with van der Waals surface area (Å²) in [5, 5.41) is 9.73. The van der Waals surface area contributed by atoms with E-state index in [1.807, 2.05) is 0 Å². The van der Waals surface area contributed by atoms with Gasteiger partial charge in [-0.1, -0.05) is 50.6 Å². The van der Waals surface area contributed by atoms with Crippen LogP contribution in [0.3, 0.4) is 0 Å². The molecule has 0 aromatic heterocycles. The first kappa shape index (κ1) is 28.3. The largest absolute Gasteiger partial charge is 0.458 e. The van der Waals surface area contributed by atoms with Crippen molar-refractivity contribution < 1.29 is 42.8 Å². The first-order chi connectivity index (χ1) is 18.7. The minimum Gasteiger partial charge on any atom is -0.458 e. The molecule has 0 aliphatic carbocycles. The molecule has 0 saturated carbocycles. The summed E-state index contributed by atoms with van der Waals surface area (Å²) in [5.41, 5.74) is 1.38. The molecule has 0 bridgehead atoms. The van der Waals surface area contributed by atoms with Gasteiger partial charge in [-0.3, -0.25) is 0 Å². The van der Waals surface area contributed by atoms with Crippen LogP contribution in [0, 0.1) is 5.82 Å². The number of halogens is 1. The highest BCUT2D eigenvalue weighted by Crippen LogP contribution is 2.37. The Morgan fingerprint density at radius 1 is 0.667 bits per heavy atom. The predicted octanol–water partition coefficient (Wildman–Crippen LogP) is 5.32. The fraction of sp³-hybridized carbons (Fsp3) is 0.0333. The smallest absolute Gasteiger partial charge is 0.335 e. The Bertz CT molecular complexity index is 1470. The Hall–Kier alpha value is -5.28. The second-order valence-electron chi connectivity index (χ2n) is 7.64. The number of carbonyl (C=O) groups is 3. The molecule has 0 fully saturated rings. The summed E-state index contributed by atoms with van der Waals surface area (Å²) in [5.74, 6) is -3.14. The van der Waals surface area contributed by atoms with Crippen molar-refractivity contribution in [2.24, 2.45) is 0 Å². The van der Waals surface area contributed by atoms with Gasteiger partial charge in [0, 0.05) is 23.8 Å². The van der Waals surface area contributed by atoms with Crippen LogP contribution in [0.25, 0.3) is 22.3 Å². The molecule has 0 heterocycles. The lowest BCUT2D eigenvalue weighted by Gasteiger charge is -2.15. The van der Waals surface area contributed by atoms with E-state index in [0.29, 0.717) is 16.7 Å². The quantitative estimate of drug-likeness (QED) is 0.117. The van der Waals surface area contributed by atoms with Crippen LogP contribution in [0.1, 0.15) is 0 Å². The number of carbonyl (C=O) groups excluding carboxylic acids is 3. The number of rotatable bonds is 11. The molecule has 3 rings (SSSR count). The zero-order valence-corrected chi connectivity index (χ0v) is 20.6. The van der Waals surface area contributed by atoms with Gasteiger partial charge in [-0.15, -0.1) is 0 Å². The van der Waals surface area contributed by atoms with E-state index in [1.54, 1.807) is 12.1 Å². The van der Waals surface area contributed by atoms with Crippen molar-refractivity contribution in [1.82, 2.24) is 0 Å². The van der Waals surface area contributed by atoms with Crippen molar-refractivity contribution in [1.29, 1.82) is 0 Å². The van der Waals surface area contributed by atoms with E-state index in [1.165, 1.54) is 42.5 Å². The molecule has 0 amide bonds. The van der Waals surface area contributed by atoms with Crippen LogP contribution >= 0.6 is 0 Å². The zero-order chi connectivity index (χ0) is 28.5. The fourth-order valence-electron chi connectivity index (χ4n) is 3.26. The third-order valence-electron chi connectivity index (χ3n) is 5.08. The standard InChI is InChI=1S/C30H23FO8/c1-5-27(32)36-23-13-10-19(16-25(23)38-29(34)7-3)18-9-12-21(22(31)15-18)20-11-14-24(37-28(33)6-2)26(17-20)39-30(35)8-4/h5-17,27,32H,1-4H2. The molecule has 3 aromatic carbocycles. The fourth-order valence-corrected chi connectivity index (χ4v) is 3.26. The van der Waals surface area contributed by atoms with Gasteiger partial charge in [-0.05, 0) is 53.1 Å². The summed E-state index contributed by atoms with van der Waals surface area (Å²) in [6.45, 7) is 13.4. The summed E-state index contributed by atoms with van der Waals surface area (Å²) in [7, 11) is 0. The lowest BCUT2D eigenvalue weighted by atomic mass is 9.99. The van der Waals surface area contributed by atoms with Crippen molar-refractivity contribution in [3.05, 3.63) is 111 Å². The van der Waals surface area contributed by atoms with Crippen molar-refractivity contribution in [2.75, 3.05) is 0 Å². The monoisotopic (exact) mass is 530 g/mol. The maximum absolute atomic E-state index is 15.3. The van der Waals surface area contributed by atoms with E-state index in [0.717, 1.165) is 24.3 Å². The summed E-state index contributed by atoms with van der Waals surface area (Å²) in [6, 6.07) is 13.0. The summed E-state index contributed by atoms with van der Waals surface area (Å²) < 4.78 is 36.1. The van der Waals surface area contributed by atoms with Crippen molar-refractivity contribution >= 4 is 17.9 Å². The third-order valence-corrected chi connectivity index (χ3v) is 5.08. The van der Waals surface area contributed by atoms with Crippen LogP contribution < -0.4 is 18.9 Å². The molecule has 8 nitrogen and oxygen atoms in total. The number of hydrogen-bond donors (Lipinski definition) is 1. The minimum absolute atomic E-state index is 0.0267. The zero-order valence-electron chi connectivity index (χ0n) is 20.6. The van der Waals surface area contributed by atoms with Crippen LogP contribution in [-0.4, -0.2) is 29.3 Å². The van der Waals surface area contributed by atoms with Gasteiger partial charge in [0.25, 0.3) is 0 Å². The van der Waals surface area contributed by atoms with Crippen molar-refractivity contribution in [3.8, 4) is 45.3 Å². The normalized spacial score (nSPS) is 10.9. The molecule has 1 atom stereocenters. The predicted molar refractivity (Wildman–Crippen MR) is 142 cm³/mol. The molecule has 9 heteroatoms. The van der Waals surface area contributed by atoms with Gasteiger partial charge >= 0.3 is 17.9 Å². The van der Waals surface area contributed by atoms with Gasteiger partial charge in [0.2, 0.25) is 6.29 Å². The van der Waals surface area contributed by atoms with Crippen LogP contribution in [0.2, 0.25) is 0 Å². The Kier molecular flexibility index (Phi) is 9.28. The summed E-state index contributed by atoms with van der Waals surface area (Å²) in [4.78, 5) is 35.2. The van der Waals surface area contributed by atoms with E-state index in [9.17, 15) is 19.5 Å². The molecule has 3 aromatic rings. The molecule has 39 heavy (non-hydrogen) atoms. The average molecular weight is 531 g/mol. The van der Waals surface area contributed by atoms with Crippen LogP contribution in [0.4, 0.5) is 4.39 Å². The number of ether oxygens (including phenoxy) is 4. The maximum atomic E-state index is 15.3. The van der Waals surface area contributed by atoms with E-state index in [4.69, 9.17) is 18.9 Å². The molecule has 0 spiro atoms. The second kappa shape index (κ2) is 12.8. The Morgan fingerprint density at radius 3 is 1.69 bits per heavy atom. The molecular weight excluding hydrogens is 507 g/mol. The lowest BCUT2D eigenvalue weighted by molar-refractivity contribution is -0.131. The maximum Gasteiger partial charge on any atom is 0.335 e. The van der Waals surface area contributed by atoms with Crippen molar-refractivity contribution in [2.45, 2.75) is 6.29 Å². The molecule has 1 unspecified atom stereocenters. The van der Waals surface area contributed by atoms with E-state index >= 15 is 4.39 Å². The first-order valence-corrected chi connectivity index (χ1v) is 11.3. The number of aliphatic hydroxyl groups excluding tert-OH is 1. The van der Waals surface area contributed by atoms with E-state index < -0.39 is 30.0 Å². The van der Waals surface area contributed by atoms with Gasteiger partial charge in [-0.25, -0.2) is 18.8 Å². The van der Waals surface area contributed by atoms with E-state index in [2.05, 4.69) is 26.3 Å². The topological polar surface area (TPSA) is 108 Å². The molecule has 198 valence electrons. The number of hydrogen-bond acceptors (Lipinski definition) is 8. The highest BCUT2D eigenvalue weighted by atomic mass is 19.1. The second-order valence-corrected chi connectivity index (χ2v) is 7.64. The molecule has 0 radical (unpaired) electrons. The van der Waals surface area contributed by atoms with Crippen LogP contribution in [0.5, 0.6) is 23.0 Å². The van der Waals surface area contributed by atoms with E-state index in [-0.39, 0.29) is 28.6 Å². The highest BCUT2D eigenvalue weighted by molar-refractivity contribution is 5.87. The Morgan fingerprint density at radius 2 is 1.13 bits per heavy atom. The summed E-state index contributed by atoms with van der Waals surface area (Å²) in [6.07, 6.45) is 2.61. The van der Waals surface area contributed by atoms with Gasteiger partial charge in [-0.2, -0.15) is 0 Å². The van der Waals surface area contributed by atoms with Gasteiger partial charge in [0.1, 0.15) is 5.82 Å². The minimum atomic E-state index is -1.35. The van der Waals surface area contributed by atoms with Crippen LogP contribution in [-0.2, 0) is 14.4 Å². The highest BCUT2D eigenvalue weighted by Gasteiger charge is 2.17. The van der Waals surface area contributed by atoms with Gasteiger partial charge in [0.05, 0.1) is 0 Å². The molecule has 1 N–H and O–H groups in total. The molecule has 0 aliphatic heterocycles. The lowest BCUT2D eigenvalue weighted by Crippen LogP contribution is -2.13. The van der Waals surface area contributed by atoms with Crippen molar-refractivity contribution in [3.63, 3.8) is 0 Å². The molecule has 0 aliphatic rings. The number of aliphatic hydroxyl groups is 1. The average Bonchev–Trinajstić information content (AvgIpc) is 2.94. The molecular formula is C30H23FO8. The SMILES string of the molecule is C=CC(=O)Oc1ccc(-c2ccc(-c3ccc(OC(O)C=C)c(OC(=O)C=C)c3)cc2F)cc1OC(=O)C=C. The van der Waals surface area contributed by atoms with Gasteiger partial charge < -0.3 is 24.1 Å². The first-order valence-electron chi connectivity index (χ1n) is 11.3. The number of esters is 3.